The lowest BCUT2D eigenvalue weighted by atomic mass is 9.98. The Bertz CT molecular complexity index is 1000. The lowest BCUT2D eigenvalue weighted by Crippen LogP contribution is -2.21. The van der Waals surface area contributed by atoms with E-state index in [0.29, 0.717) is 16.9 Å². The minimum atomic E-state index is -0.986. The van der Waals surface area contributed by atoms with E-state index in [9.17, 15) is 9.59 Å². The van der Waals surface area contributed by atoms with Crippen LogP contribution in [0.2, 0.25) is 0 Å². The molecule has 0 spiro atoms. The van der Waals surface area contributed by atoms with E-state index >= 15 is 0 Å². The van der Waals surface area contributed by atoms with Gasteiger partial charge in [0, 0.05) is 11.1 Å². The Morgan fingerprint density at radius 3 is 2.07 bits per heavy atom. The van der Waals surface area contributed by atoms with Gasteiger partial charge in [-0.05, 0) is 38.5 Å². The molecule has 3 aromatic carbocycles. The van der Waals surface area contributed by atoms with Crippen LogP contribution in [-0.2, 0) is 9.53 Å². The van der Waals surface area contributed by atoms with Crippen molar-refractivity contribution in [2.24, 2.45) is 0 Å². The first-order valence-electron chi connectivity index (χ1n) is 9.99. The molecule has 0 saturated heterocycles. The Kier molecular flexibility index (Phi) is 7.02. The molecule has 0 fully saturated rings. The molecule has 0 aromatic heterocycles. The maximum atomic E-state index is 13.1. The smallest absolute Gasteiger partial charge is 0.310 e. The van der Waals surface area contributed by atoms with Gasteiger partial charge in [0.2, 0.25) is 5.78 Å². The number of ether oxygens (including phenoxy) is 2. The summed E-state index contributed by atoms with van der Waals surface area (Å²) in [5.74, 6) is -0.0193. The molecular weight excluding hydrogens is 376 g/mol. The second-order valence-electron chi connectivity index (χ2n) is 7.43. The second-order valence-corrected chi connectivity index (χ2v) is 7.43. The first kappa shape index (κ1) is 21.3. The van der Waals surface area contributed by atoms with Crippen LogP contribution >= 0.6 is 0 Å². The average Bonchev–Trinajstić information content (AvgIpc) is 2.73. The summed E-state index contributed by atoms with van der Waals surface area (Å²) in [4.78, 5) is 25.6. The zero-order valence-electron chi connectivity index (χ0n) is 17.6. The molecule has 1 atom stereocenters. The van der Waals surface area contributed by atoms with Crippen molar-refractivity contribution in [3.05, 3.63) is 101 Å². The molecular formula is C26H26O4. The second kappa shape index (κ2) is 9.88. The monoisotopic (exact) mass is 402 g/mol. The molecule has 0 aliphatic heterocycles. The Morgan fingerprint density at radius 1 is 0.800 bits per heavy atom. The molecule has 0 aliphatic rings. The van der Waals surface area contributed by atoms with Crippen molar-refractivity contribution in [3.63, 3.8) is 0 Å². The zero-order chi connectivity index (χ0) is 21.5. The van der Waals surface area contributed by atoms with Crippen LogP contribution in [0, 0.1) is 20.8 Å². The van der Waals surface area contributed by atoms with E-state index in [-0.39, 0.29) is 18.8 Å². The molecule has 0 N–H and O–H groups in total. The summed E-state index contributed by atoms with van der Waals surface area (Å²) in [6.07, 6.45) is -0.933. The highest BCUT2D eigenvalue weighted by molar-refractivity contribution is 6.01. The number of carbonyl (C=O) groups is 2. The fourth-order valence-corrected chi connectivity index (χ4v) is 3.03. The minimum Gasteiger partial charge on any atom is -0.493 e. The van der Waals surface area contributed by atoms with Crippen molar-refractivity contribution >= 4 is 11.8 Å². The van der Waals surface area contributed by atoms with Gasteiger partial charge in [-0.1, -0.05) is 71.8 Å². The van der Waals surface area contributed by atoms with Gasteiger partial charge in [0.05, 0.1) is 13.0 Å². The first-order valence-corrected chi connectivity index (χ1v) is 9.99. The van der Waals surface area contributed by atoms with Gasteiger partial charge in [0.1, 0.15) is 5.75 Å². The van der Waals surface area contributed by atoms with Gasteiger partial charge in [-0.3, -0.25) is 9.59 Å². The predicted molar refractivity (Wildman–Crippen MR) is 117 cm³/mol. The van der Waals surface area contributed by atoms with E-state index in [0.717, 1.165) is 16.7 Å². The molecule has 3 rings (SSSR count). The highest BCUT2D eigenvalue weighted by Gasteiger charge is 2.26. The predicted octanol–water partition coefficient (Wildman–Crippen LogP) is 5.55. The molecule has 0 amide bonds. The lowest BCUT2D eigenvalue weighted by Gasteiger charge is -2.18. The summed E-state index contributed by atoms with van der Waals surface area (Å²) >= 11 is 0. The van der Waals surface area contributed by atoms with Crippen molar-refractivity contribution in [1.29, 1.82) is 0 Å². The number of hydrogen-bond acceptors (Lipinski definition) is 4. The van der Waals surface area contributed by atoms with Gasteiger partial charge < -0.3 is 9.47 Å². The first-order chi connectivity index (χ1) is 14.4. The average molecular weight is 402 g/mol. The Balaban J connectivity index is 1.70. The third-order valence-corrected chi connectivity index (χ3v) is 4.77. The van der Waals surface area contributed by atoms with Crippen molar-refractivity contribution in [2.45, 2.75) is 33.3 Å². The van der Waals surface area contributed by atoms with Gasteiger partial charge in [0.15, 0.2) is 6.10 Å². The van der Waals surface area contributed by atoms with Gasteiger partial charge in [-0.15, -0.1) is 0 Å². The Labute approximate surface area is 177 Å². The molecule has 4 heteroatoms. The normalized spacial score (nSPS) is 11.6. The van der Waals surface area contributed by atoms with Crippen LogP contribution in [0.15, 0.2) is 72.8 Å². The summed E-state index contributed by atoms with van der Waals surface area (Å²) in [7, 11) is 0. The van der Waals surface area contributed by atoms with E-state index in [1.807, 2.05) is 81.4 Å². The van der Waals surface area contributed by atoms with E-state index in [2.05, 4.69) is 0 Å². The number of esters is 1. The SMILES string of the molecule is Cc1ccc(C(=O)[C@H](OC(=O)CCOc2cccc(C)c2)c2ccc(C)cc2)cc1. The number of hydrogen-bond donors (Lipinski definition) is 0. The van der Waals surface area contributed by atoms with E-state index in [1.165, 1.54) is 0 Å². The van der Waals surface area contributed by atoms with Crippen LogP contribution in [0.3, 0.4) is 0 Å². The topological polar surface area (TPSA) is 52.6 Å². The summed E-state index contributed by atoms with van der Waals surface area (Å²) < 4.78 is 11.2. The molecule has 0 heterocycles. The number of rotatable bonds is 8. The summed E-state index contributed by atoms with van der Waals surface area (Å²) in [6.45, 7) is 6.08. The molecule has 0 radical (unpaired) electrons. The summed E-state index contributed by atoms with van der Waals surface area (Å²) in [5.41, 5.74) is 4.37. The highest BCUT2D eigenvalue weighted by atomic mass is 16.5. The Hall–Kier alpha value is -3.40. The molecule has 4 nitrogen and oxygen atoms in total. The fourth-order valence-electron chi connectivity index (χ4n) is 3.03. The largest absolute Gasteiger partial charge is 0.493 e. The number of ketones is 1. The molecule has 0 unspecified atom stereocenters. The summed E-state index contributed by atoms with van der Waals surface area (Å²) in [5, 5.41) is 0. The van der Waals surface area contributed by atoms with Crippen molar-refractivity contribution < 1.29 is 19.1 Å². The van der Waals surface area contributed by atoms with Gasteiger partial charge in [0.25, 0.3) is 0 Å². The molecule has 0 bridgehead atoms. The van der Waals surface area contributed by atoms with Crippen LogP contribution in [0.5, 0.6) is 5.75 Å². The molecule has 0 saturated carbocycles. The molecule has 30 heavy (non-hydrogen) atoms. The Morgan fingerprint density at radius 2 is 1.43 bits per heavy atom. The fraction of sp³-hybridized carbons (Fsp3) is 0.231. The molecule has 154 valence electrons. The van der Waals surface area contributed by atoms with Gasteiger partial charge >= 0.3 is 5.97 Å². The lowest BCUT2D eigenvalue weighted by molar-refractivity contribution is -0.147. The highest BCUT2D eigenvalue weighted by Crippen LogP contribution is 2.24. The standard InChI is InChI=1S/C26H26O4/c1-18-7-11-21(12-8-18)25(28)26(22-13-9-19(2)10-14-22)30-24(27)15-16-29-23-6-4-5-20(3)17-23/h4-14,17,26H,15-16H2,1-3H3/t26-/m1/s1. The maximum Gasteiger partial charge on any atom is 0.310 e. The van der Waals surface area contributed by atoms with Crippen LogP contribution in [0.25, 0.3) is 0 Å². The van der Waals surface area contributed by atoms with Gasteiger partial charge in [-0.2, -0.15) is 0 Å². The zero-order valence-corrected chi connectivity index (χ0v) is 17.6. The number of Topliss-reactive ketones (excluding diaryl/α,β-unsaturated/α-hetero) is 1. The number of aryl methyl sites for hydroxylation is 3. The van der Waals surface area contributed by atoms with E-state index in [1.54, 1.807) is 12.1 Å². The van der Waals surface area contributed by atoms with Crippen molar-refractivity contribution in [2.75, 3.05) is 6.61 Å². The third-order valence-electron chi connectivity index (χ3n) is 4.77. The van der Waals surface area contributed by atoms with Crippen LogP contribution in [0.1, 0.15) is 45.1 Å². The van der Waals surface area contributed by atoms with E-state index < -0.39 is 12.1 Å². The molecule has 0 aliphatic carbocycles. The molecule has 3 aromatic rings. The third kappa shape index (κ3) is 5.80. The van der Waals surface area contributed by atoms with Crippen LogP contribution in [-0.4, -0.2) is 18.4 Å². The van der Waals surface area contributed by atoms with Crippen LogP contribution in [0.4, 0.5) is 0 Å². The van der Waals surface area contributed by atoms with E-state index in [4.69, 9.17) is 9.47 Å². The van der Waals surface area contributed by atoms with Crippen molar-refractivity contribution in [3.8, 4) is 5.75 Å². The number of carbonyl (C=O) groups excluding carboxylic acids is 2. The van der Waals surface area contributed by atoms with Gasteiger partial charge in [-0.25, -0.2) is 0 Å². The van der Waals surface area contributed by atoms with Crippen LogP contribution < -0.4 is 4.74 Å². The summed E-state index contributed by atoms with van der Waals surface area (Å²) in [6, 6.07) is 22.3. The quantitative estimate of drug-likeness (QED) is 0.366. The number of benzene rings is 3. The van der Waals surface area contributed by atoms with Crippen molar-refractivity contribution in [1.82, 2.24) is 0 Å². The maximum absolute atomic E-state index is 13.1. The minimum absolute atomic E-state index is 0.0531.